The van der Waals surface area contributed by atoms with Crippen molar-refractivity contribution in [2.45, 2.75) is 44.6 Å². The van der Waals surface area contributed by atoms with E-state index in [1.165, 1.54) is 24.8 Å². The number of halogens is 1. The zero-order valence-electron chi connectivity index (χ0n) is 9.40. The number of aliphatic hydroxyl groups excluding tert-OH is 1. The lowest BCUT2D eigenvalue weighted by molar-refractivity contribution is 0.101. The third-order valence-electron chi connectivity index (χ3n) is 3.38. The Balaban J connectivity index is 2.02. The Kier molecular flexibility index (Phi) is 4.36. The van der Waals surface area contributed by atoms with E-state index in [0.29, 0.717) is 5.92 Å². The first-order valence-corrected chi connectivity index (χ1v) is 6.82. The largest absolute Gasteiger partial charge is 0.393 e. The molecule has 1 aromatic rings. The molecule has 3 heteroatoms. The van der Waals surface area contributed by atoms with E-state index in [0.717, 1.165) is 23.7 Å². The summed E-state index contributed by atoms with van der Waals surface area (Å²) in [7, 11) is 0. The Morgan fingerprint density at radius 3 is 2.88 bits per heavy atom. The van der Waals surface area contributed by atoms with Crippen molar-refractivity contribution < 1.29 is 5.11 Å². The monoisotopic (exact) mass is 283 g/mol. The van der Waals surface area contributed by atoms with Crippen molar-refractivity contribution in [3.63, 3.8) is 0 Å². The van der Waals surface area contributed by atoms with Crippen molar-refractivity contribution in [1.82, 2.24) is 4.98 Å². The highest BCUT2D eigenvalue weighted by molar-refractivity contribution is 9.10. The molecule has 1 aliphatic carbocycles. The minimum atomic E-state index is -0.124. The van der Waals surface area contributed by atoms with Crippen LogP contribution in [0.4, 0.5) is 0 Å². The summed E-state index contributed by atoms with van der Waals surface area (Å²) in [5.41, 5.74) is 1.22. The highest BCUT2D eigenvalue weighted by Gasteiger charge is 2.21. The summed E-state index contributed by atoms with van der Waals surface area (Å²) in [6, 6.07) is 2.10. The molecule has 1 N–H and O–H groups in total. The lowest BCUT2D eigenvalue weighted by atomic mass is 9.91. The highest BCUT2D eigenvalue weighted by Crippen LogP contribution is 2.26. The molecule has 88 valence electrons. The standard InChI is InChI=1S/C13H18BrNO/c14-12-7-10(8-15-9-12)6-11-4-2-1-3-5-13(11)16/h7-9,11,13,16H,1-6H2. The van der Waals surface area contributed by atoms with E-state index in [-0.39, 0.29) is 6.10 Å². The number of aromatic nitrogens is 1. The molecule has 2 atom stereocenters. The van der Waals surface area contributed by atoms with E-state index in [9.17, 15) is 5.11 Å². The number of nitrogens with zero attached hydrogens (tertiary/aromatic N) is 1. The van der Waals surface area contributed by atoms with Gasteiger partial charge in [-0.2, -0.15) is 0 Å². The van der Waals surface area contributed by atoms with Crippen LogP contribution in [-0.4, -0.2) is 16.2 Å². The Morgan fingerprint density at radius 2 is 2.06 bits per heavy atom. The lowest BCUT2D eigenvalue weighted by Gasteiger charge is -2.20. The van der Waals surface area contributed by atoms with Gasteiger partial charge in [-0.1, -0.05) is 19.3 Å². The molecule has 0 amide bonds. The maximum Gasteiger partial charge on any atom is 0.0571 e. The number of hydrogen-bond acceptors (Lipinski definition) is 2. The summed E-state index contributed by atoms with van der Waals surface area (Å²) in [4.78, 5) is 4.17. The zero-order valence-corrected chi connectivity index (χ0v) is 11.0. The average molecular weight is 284 g/mol. The Bertz CT molecular complexity index is 342. The first-order valence-electron chi connectivity index (χ1n) is 6.03. The molecule has 2 nitrogen and oxygen atoms in total. The third-order valence-corrected chi connectivity index (χ3v) is 3.81. The van der Waals surface area contributed by atoms with Gasteiger partial charge in [0, 0.05) is 16.9 Å². The average Bonchev–Trinajstić information content (AvgIpc) is 2.45. The third kappa shape index (κ3) is 3.29. The fraction of sp³-hybridized carbons (Fsp3) is 0.615. The van der Waals surface area contributed by atoms with Crippen LogP contribution in [0.2, 0.25) is 0 Å². The molecule has 0 saturated heterocycles. The van der Waals surface area contributed by atoms with Crippen molar-refractivity contribution >= 4 is 15.9 Å². The van der Waals surface area contributed by atoms with Crippen LogP contribution >= 0.6 is 15.9 Å². The Morgan fingerprint density at radius 1 is 1.25 bits per heavy atom. The lowest BCUT2D eigenvalue weighted by Crippen LogP contribution is -2.21. The summed E-state index contributed by atoms with van der Waals surface area (Å²) in [6.07, 6.45) is 10.3. The second-order valence-electron chi connectivity index (χ2n) is 4.68. The van der Waals surface area contributed by atoms with Gasteiger partial charge in [-0.15, -0.1) is 0 Å². The normalized spacial score (nSPS) is 26.4. The first-order chi connectivity index (χ1) is 7.75. The Labute approximate surface area is 105 Å². The van der Waals surface area contributed by atoms with Gasteiger partial charge in [-0.3, -0.25) is 4.98 Å². The molecular weight excluding hydrogens is 266 g/mol. The molecule has 0 aliphatic heterocycles. The summed E-state index contributed by atoms with van der Waals surface area (Å²) < 4.78 is 1.02. The van der Waals surface area contributed by atoms with Gasteiger partial charge >= 0.3 is 0 Å². The van der Waals surface area contributed by atoms with Crippen LogP contribution in [-0.2, 0) is 6.42 Å². The van der Waals surface area contributed by atoms with Crippen LogP contribution in [0, 0.1) is 5.92 Å². The number of rotatable bonds is 2. The van der Waals surface area contributed by atoms with E-state index in [1.54, 1.807) is 6.20 Å². The van der Waals surface area contributed by atoms with Crippen LogP contribution in [0.25, 0.3) is 0 Å². The molecule has 1 fully saturated rings. The molecular formula is C13H18BrNO. The molecule has 1 aliphatic rings. The summed E-state index contributed by atoms with van der Waals surface area (Å²) >= 11 is 3.43. The van der Waals surface area contributed by atoms with E-state index in [4.69, 9.17) is 0 Å². The molecule has 0 spiro atoms. The minimum absolute atomic E-state index is 0.124. The van der Waals surface area contributed by atoms with Gasteiger partial charge in [-0.05, 0) is 52.7 Å². The van der Waals surface area contributed by atoms with Gasteiger partial charge in [-0.25, -0.2) is 0 Å². The smallest absolute Gasteiger partial charge is 0.0571 e. The second kappa shape index (κ2) is 5.78. The number of pyridine rings is 1. The van der Waals surface area contributed by atoms with Crippen molar-refractivity contribution in [2.24, 2.45) is 5.92 Å². The molecule has 16 heavy (non-hydrogen) atoms. The quantitative estimate of drug-likeness (QED) is 0.845. The molecule has 0 bridgehead atoms. The zero-order chi connectivity index (χ0) is 11.4. The molecule has 2 unspecified atom stereocenters. The molecule has 1 saturated carbocycles. The van der Waals surface area contributed by atoms with Crippen molar-refractivity contribution in [1.29, 1.82) is 0 Å². The highest BCUT2D eigenvalue weighted by atomic mass is 79.9. The predicted molar refractivity (Wildman–Crippen MR) is 68.2 cm³/mol. The minimum Gasteiger partial charge on any atom is -0.393 e. The van der Waals surface area contributed by atoms with Gasteiger partial charge in [0.05, 0.1) is 6.10 Å². The van der Waals surface area contributed by atoms with Crippen LogP contribution < -0.4 is 0 Å². The SMILES string of the molecule is OC1CCCCCC1Cc1cncc(Br)c1. The predicted octanol–water partition coefficient (Wildman–Crippen LogP) is 3.33. The van der Waals surface area contributed by atoms with Gasteiger partial charge in [0.1, 0.15) is 0 Å². The fourth-order valence-electron chi connectivity index (χ4n) is 2.47. The number of hydrogen-bond donors (Lipinski definition) is 1. The van der Waals surface area contributed by atoms with Crippen molar-refractivity contribution in [3.8, 4) is 0 Å². The van der Waals surface area contributed by atoms with Gasteiger partial charge < -0.3 is 5.11 Å². The summed E-state index contributed by atoms with van der Waals surface area (Å²) in [6.45, 7) is 0. The van der Waals surface area contributed by atoms with E-state index in [1.807, 2.05) is 6.20 Å². The summed E-state index contributed by atoms with van der Waals surface area (Å²) in [5, 5.41) is 10.0. The van der Waals surface area contributed by atoms with E-state index < -0.39 is 0 Å². The first kappa shape index (κ1) is 12.1. The molecule has 1 heterocycles. The van der Waals surface area contributed by atoms with E-state index in [2.05, 4.69) is 27.0 Å². The van der Waals surface area contributed by atoms with Crippen LogP contribution in [0.1, 0.15) is 37.7 Å². The molecule has 1 aromatic heterocycles. The second-order valence-corrected chi connectivity index (χ2v) is 5.60. The van der Waals surface area contributed by atoms with Crippen molar-refractivity contribution in [3.05, 3.63) is 28.5 Å². The van der Waals surface area contributed by atoms with E-state index >= 15 is 0 Å². The summed E-state index contributed by atoms with van der Waals surface area (Å²) in [5.74, 6) is 0.415. The van der Waals surface area contributed by atoms with Crippen molar-refractivity contribution in [2.75, 3.05) is 0 Å². The maximum absolute atomic E-state index is 10.0. The molecule has 0 aromatic carbocycles. The maximum atomic E-state index is 10.0. The fourth-order valence-corrected chi connectivity index (χ4v) is 2.89. The van der Waals surface area contributed by atoms with Crippen LogP contribution in [0.3, 0.4) is 0 Å². The molecule has 2 rings (SSSR count). The van der Waals surface area contributed by atoms with Gasteiger partial charge in [0.25, 0.3) is 0 Å². The molecule has 0 radical (unpaired) electrons. The van der Waals surface area contributed by atoms with Crippen LogP contribution in [0.15, 0.2) is 22.9 Å². The van der Waals surface area contributed by atoms with Gasteiger partial charge in [0.2, 0.25) is 0 Å². The Hall–Kier alpha value is -0.410. The van der Waals surface area contributed by atoms with Gasteiger partial charge in [0.15, 0.2) is 0 Å². The van der Waals surface area contributed by atoms with Crippen LogP contribution in [0.5, 0.6) is 0 Å². The topological polar surface area (TPSA) is 33.1 Å². The number of aliphatic hydroxyl groups is 1.